The fraction of sp³-hybridized carbons (Fsp3) is 0.533. The lowest BCUT2D eigenvalue weighted by atomic mass is 10.2. The largest absolute Gasteiger partial charge is 0.448 e. The van der Waals surface area contributed by atoms with Crippen LogP contribution in [0.25, 0.3) is 0 Å². The zero-order valence-electron chi connectivity index (χ0n) is 14.2. The van der Waals surface area contributed by atoms with E-state index in [0.717, 1.165) is 4.90 Å². The van der Waals surface area contributed by atoms with Crippen molar-refractivity contribution >= 4 is 24.0 Å². The van der Waals surface area contributed by atoms with Gasteiger partial charge in [0, 0.05) is 6.07 Å². The molecule has 0 spiro atoms. The molecule has 0 saturated carbocycles. The molecule has 23 heavy (non-hydrogen) atoms. The molecule has 0 saturated heterocycles. The predicted molar refractivity (Wildman–Crippen MR) is 84.5 cm³/mol. The molecule has 1 rings (SSSR count). The second-order valence-electron chi connectivity index (χ2n) is 6.74. The molecule has 0 atom stereocenters. The summed E-state index contributed by atoms with van der Waals surface area (Å²) in [5.74, 6) is -0.497. The number of hydrogen-bond donors (Lipinski definition) is 2. The van der Waals surface area contributed by atoms with Gasteiger partial charge in [-0.15, -0.1) is 0 Å². The third-order valence-electron chi connectivity index (χ3n) is 2.15. The fourth-order valence-corrected chi connectivity index (χ4v) is 1.45. The normalized spacial score (nSPS) is 11.6. The summed E-state index contributed by atoms with van der Waals surface area (Å²) in [6.07, 6.45) is -0.371. The summed E-state index contributed by atoms with van der Waals surface area (Å²) >= 11 is 0. The first-order chi connectivity index (χ1) is 10.4. The van der Waals surface area contributed by atoms with E-state index in [9.17, 15) is 9.59 Å². The first kappa shape index (κ1) is 18.5. The van der Waals surface area contributed by atoms with Crippen molar-refractivity contribution in [3.8, 4) is 0 Å². The maximum absolute atomic E-state index is 12.3. The summed E-state index contributed by atoms with van der Waals surface area (Å²) in [6, 6.07) is 3.02. The lowest BCUT2D eigenvalue weighted by Crippen LogP contribution is -2.49. The predicted octanol–water partition coefficient (Wildman–Crippen LogP) is 3.48. The summed E-state index contributed by atoms with van der Waals surface area (Å²) in [5.41, 5.74) is -1.50. The molecule has 0 bridgehead atoms. The maximum atomic E-state index is 12.3. The van der Waals surface area contributed by atoms with E-state index in [1.54, 1.807) is 47.6 Å². The average molecular weight is 325 g/mol. The summed E-state index contributed by atoms with van der Waals surface area (Å²) in [4.78, 5) is 24.8. The van der Waals surface area contributed by atoms with Crippen LogP contribution < -0.4 is 10.2 Å². The Bertz CT molecular complexity index is 567. The number of carbonyl (C=O) groups is 2. The molecular formula is C15H23N3O5. The molecule has 2 amide bonds. The third kappa shape index (κ3) is 6.41. The van der Waals surface area contributed by atoms with E-state index >= 15 is 0 Å². The molecule has 0 unspecified atom stereocenters. The van der Waals surface area contributed by atoms with Crippen LogP contribution in [0.4, 0.5) is 15.5 Å². The first-order valence-corrected chi connectivity index (χ1v) is 7.04. The van der Waals surface area contributed by atoms with Crippen LogP contribution in [0.3, 0.4) is 0 Å². The van der Waals surface area contributed by atoms with Gasteiger partial charge in [0.25, 0.3) is 0 Å². The highest BCUT2D eigenvalue weighted by molar-refractivity contribution is 6.15. The summed E-state index contributed by atoms with van der Waals surface area (Å²) in [5, 5.41) is 10.1. The minimum absolute atomic E-state index is 0.0420. The van der Waals surface area contributed by atoms with Crippen LogP contribution in [0, 0.1) is 5.41 Å². The standard InChI is InChI=1S/C15H23N3O5/c1-14(2,3)22-12(19)17-11(16)18(10-8-7-9-21-10)13(20)23-15(4,5)6/h7-9H,1-6H3,(H2,16,17,19). The van der Waals surface area contributed by atoms with Crippen molar-refractivity contribution in [2.75, 3.05) is 4.90 Å². The Hall–Kier alpha value is -2.51. The zero-order chi connectivity index (χ0) is 17.8. The highest BCUT2D eigenvalue weighted by atomic mass is 16.6. The molecule has 0 aliphatic heterocycles. The molecule has 0 fully saturated rings. The number of nitrogens with zero attached hydrogens (tertiary/aromatic N) is 1. The number of alkyl carbamates (subject to hydrolysis) is 1. The van der Waals surface area contributed by atoms with Crippen LogP contribution in [0.2, 0.25) is 0 Å². The van der Waals surface area contributed by atoms with E-state index in [0.29, 0.717) is 0 Å². The molecular weight excluding hydrogens is 302 g/mol. The van der Waals surface area contributed by atoms with Crippen LogP contribution in [0.5, 0.6) is 0 Å². The number of nitrogens with one attached hydrogen (secondary N) is 2. The van der Waals surface area contributed by atoms with E-state index in [-0.39, 0.29) is 5.88 Å². The topological polar surface area (TPSA) is 105 Å². The van der Waals surface area contributed by atoms with E-state index in [1.165, 1.54) is 12.3 Å². The number of guanidine groups is 1. The lowest BCUT2D eigenvalue weighted by Gasteiger charge is -2.26. The van der Waals surface area contributed by atoms with Gasteiger partial charge >= 0.3 is 12.2 Å². The Morgan fingerprint density at radius 1 is 1.13 bits per heavy atom. The smallest absolute Gasteiger partial charge is 0.424 e. The minimum atomic E-state index is -0.859. The van der Waals surface area contributed by atoms with Crippen molar-refractivity contribution < 1.29 is 23.5 Å². The van der Waals surface area contributed by atoms with Crippen LogP contribution in [-0.4, -0.2) is 29.3 Å². The number of furan rings is 1. The fourth-order valence-electron chi connectivity index (χ4n) is 1.45. The molecule has 1 aromatic rings. The quantitative estimate of drug-likeness (QED) is 0.607. The molecule has 0 radical (unpaired) electrons. The Morgan fingerprint density at radius 3 is 2.13 bits per heavy atom. The molecule has 8 nitrogen and oxygen atoms in total. The number of ether oxygens (including phenoxy) is 2. The van der Waals surface area contributed by atoms with Gasteiger partial charge in [-0.1, -0.05) is 0 Å². The van der Waals surface area contributed by atoms with Crippen molar-refractivity contribution in [3.05, 3.63) is 18.4 Å². The summed E-state index contributed by atoms with van der Waals surface area (Å²) in [7, 11) is 0. The van der Waals surface area contributed by atoms with Crippen LogP contribution >= 0.6 is 0 Å². The molecule has 0 aliphatic carbocycles. The Kier molecular flexibility index (Phi) is 5.42. The highest BCUT2D eigenvalue weighted by Crippen LogP contribution is 2.19. The van der Waals surface area contributed by atoms with Gasteiger partial charge < -0.3 is 13.9 Å². The average Bonchev–Trinajstić information content (AvgIpc) is 2.76. The van der Waals surface area contributed by atoms with Crippen molar-refractivity contribution in [1.82, 2.24) is 5.32 Å². The monoisotopic (exact) mass is 325 g/mol. The van der Waals surface area contributed by atoms with E-state index < -0.39 is 29.3 Å². The van der Waals surface area contributed by atoms with Gasteiger partial charge in [-0.3, -0.25) is 10.7 Å². The number of amides is 2. The zero-order valence-corrected chi connectivity index (χ0v) is 14.2. The molecule has 0 aromatic carbocycles. The van der Waals surface area contributed by atoms with Crippen LogP contribution in [-0.2, 0) is 9.47 Å². The molecule has 2 N–H and O–H groups in total. The number of rotatable bonds is 1. The van der Waals surface area contributed by atoms with E-state index in [2.05, 4.69) is 5.32 Å². The van der Waals surface area contributed by atoms with Gasteiger partial charge in [0.05, 0.1) is 6.26 Å². The van der Waals surface area contributed by atoms with Crippen molar-refractivity contribution in [2.45, 2.75) is 52.7 Å². The minimum Gasteiger partial charge on any atom is -0.448 e. The lowest BCUT2D eigenvalue weighted by molar-refractivity contribution is 0.0558. The second-order valence-corrected chi connectivity index (χ2v) is 6.74. The van der Waals surface area contributed by atoms with Gasteiger partial charge in [0.15, 0.2) is 0 Å². The Labute approximate surface area is 135 Å². The van der Waals surface area contributed by atoms with Gasteiger partial charge in [-0.2, -0.15) is 4.90 Å². The summed E-state index contributed by atoms with van der Waals surface area (Å²) in [6.45, 7) is 10.1. The van der Waals surface area contributed by atoms with Gasteiger partial charge in [-0.05, 0) is 47.6 Å². The van der Waals surface area contributed by atoms with Crippen molar-refractivity contribution in [2.24, 2.45) is 0 Å². The van der Waals surface area contributed by atoms with Gasteiger partial charge in [0.2, 0.25) is 11.8 Å². The molecule has 0 aliphatic rings. The molecule has 128 valence electrons. The van der Waals surface area contributed by atoms with Crippen LogP contribution in [0.1, 0.15) is 41.5 Å². The first-order valence-electron chi connectivity index (χ1n) is 7.04. The Morgan fingerprint density at radius 2 is 1.70 bits per heavy atom. The van der Waals surface area contributed by atoms with Crippen molar-refractivity contribution in [1.29, 1.82) is 5.41 Å². The second kappa shape index (κ2) is 6.72. The molecule has 1 aromatic heterocycles. The third-order valence-corrected chi connectivity index (χ3v) is 2.15. The maximum Gasteiger partial charge on any atom is 0.424 e. The Balaban J connectivity index is 2.91. The summed E-state index contributed by atoms with van der Waals surface area (Å²) < 4.78 is 15.4. The number of anilines is 1. The number of carbonyl (C=O) groups excluding carboxylic acids is 2. The van der Waals surface area contributed by atoms with Gasteiger partial charge in [0.1, 0.15) is 11.2 Å². The highest BCUT2D eigenvalue weighted by Gasteiger charge is 2.30. The molecule has 8 heteroatoms. The van der Waals surface area contributed by atoms with Crippen LogP contribution in [0.15, 0.2) is 22.8 Å². The molecule has 1 heterocycles. The number of hydrogen-bond acceptors (Lipinski definition) is 6. The van der Waals surface area contributed by atoms with E-state index in [4.69, 9.17) is 19.3 Å². The van der Waals surface area contributed by atoms with E-state index in [1.807, 2.05) is 0 Å². The van der Waals surface area contributed by atoms with Crippen molar-refractivity contribution in [3.63, 3.8) is 0 Å². The van der Waals surface area contributed by atoms with Gasteiger partial charge in [-0.25, -0.2) is 9.59 Å². The SMILES string of the molecule is CC(C)(C)OC(=O)NC(=N)N(C(=O)OC(C)(C)C)c1ccco1.